The summed E-state index contributed by atoms with van der Waals surface area (Å²) in [7, 11) is 2.03. The van der Waals surface area contributed by atoms with E-state index in [-0.39, 0.29) is 0 Å². The Kier molecular flexibility index (Phi) is 8.00. The van der Waals surface area contributed by atoms with Crippen LogP contribution in [0.1, 0.15) is 38.2 Å². The fourth-order valence-electron chi connectivity index (χ4n) is 4.12. The van der Waals surface area contributed by atoms with Crippen LogP contribution in [0.2, 0.25) is 0 Å². The summed E-state index contributed by atoms with van der Waals surface area (Å²) in [4.78, 5) is 0. The van der Waals surface area contributed by atoms with Gasteiger partial charge in [0.15, 0.2) is 0 Å². The molecule has 1 heterocycles. The SMILES string of the molecule is CCC(C)c1cccc(Nc2cc(Nc3ccc(NCCCn4cc[n+](C)c4)cc3)c(N)cc2N)c1. The lowest BCUT2D eigenvalue weighted by Crippen LogP contribution is -2.23. The van der Waals surface area contributed by atoms with Crippen molar-refractivity contribution in [3.8, 4) is 0 Å². The van der Waals surface area contributed by atoms with Crippen molar-refractivity contribution in [2.45, 2.75) is 39.2 Å². The predicted octanol–water partition coefficient (Wildman–Crippen LogP) is 5.98. The van der Waals surface area contributed by atoms with Gasteiger partial charge in [-0.2, -0.15) is 0 Å². The topological polar surface area (TPSA) is 96.9 Å². The minimum absolute atomic E-state index is 0.507. The summed E-state index contributed by atoms with van der Waals surface area (Å²) < 4.78 is 4.24. The number of hydrogen-bond acceptors (Lipinski definition) is 5. The zero-order chi connectivity index (χ0) is 25.5. The molecule has 0 aliphatic rings. The van der Waals surface area contributed by atoms with Gasteiger partial charge in [0.05, 0.1) is 36.3 Å². The molecule has 0 aliphatic heterocycles. The van der Waals surface area contributed by atoms with Gasteiger partial charge in [-0.05, 0) is 66.4 Å². The van der Waals surface area contributed by atoms with Crippen LogP contribution in [-0.4, -0.2) is 11.1 Å². The van der Waals surface area contributed by atoms with Crippen LogP contribution in [0.25, 0.3) is 0 Å². The van der Waals surface area contributed by atoms with Gasteiger partial charge in [0.25, 0.3) is 0 Å². The van der Waals surface area contributed by atoms with E-state index in [2.05, 4.69) is 94.1 Å². The Bertz CT molecular complexity index is 1280. The Hall–Kier alpha value is -4.13. The van der Waals surface area contributed by atoms with Crippen molar-refractivity contribution in [1.29, 1.82) is 0 Å². The summed E-state index contributed by atoms with van der Waals surface area (Å²) in [6.45, 7) is 6.34. The second-order valence-electron chi connectivity index (χ2n) is 9.39. The number of aryl methyl sites for hydroxylation is 2. The maximum Gasteiger partial charge on any atom is 0.243 e. The molecule has 188 valence electrons. The number of rotatable bonds is 11. The zero-order valence-electron chi connectivity index (χ0n) is 21.5. The van der Waals surface area contributed by atoms with E-state index in [1.807, 2.05) is 25.2 Å². The fraction of sp³-hybridized carbons (Fsp3) is 0.276. The number of nitrogen functional groups attached to an aromatic ring is 2. The average Bonchev–Trinajstić information content (AvgIpc) is 3.30. The Labute approximate surface area is 214 Å². The molecular formula is C29H38N7+. The number of nitrogens with zero attached hydrogens (tertiary/aromatic N) is 2. The van der Waals surface area contributed by atoms with Gasteiger partial charge in [-0.1, -0.05) is 26.0 Å². The summed E-state index contributed by atoms with van der Waals surface area (Å²) >= 11 is 0. The summed E-state index contributed by atoms with van der Waals surface area (Å²) in [6.07, 6.45) is 8.38. The van der Waals surface area contributed by atoms with Crippen LogP contribution in [0.4, 0.5) is 39.8 Å². The van der Waals surface area contributed by atoms with E-state index >= 15 is 0 Å². The third-order valence-electron chi connectivity index (χ3n) is 6.48. The van der Waals surface area contributed by atoms with Gasteiger partial charge >= 0.3 is 0 Å². The lowest BCUT2D eigenvalue weighted by molar-refractivity contribution is -0.671. The molecule has 1 atom stereocenters. The van der Waals surface area contributed by atoms with Gasteiger partial charge in [-0.3, -0.25) is 0 Å². The monoisotopic (exact) mass is 484 g/mol. The summed E-state index contributed by atoms with van der Waals surface area (Å²) in [6, 6.07) is 20.5. The Morgan fingerprint density at radius 3 is 2.25 bits per heavy atom. The molecule has 4 aromatic rings. The van der Waals surface area contributed by atoms with Gasteiger partial charge in [-0.25, -0.2) is 9.13 Å². The van der Waals surface area contributed by atoms with Gasteiger partial charge in [0.1, 0.15) is 12.4 Å². The lowest BCUT2D eigenvalue weighted by atomic mass is 9.98. The molecule has 0 saturated heterocycles. The van der Waals surface area contributed by atoms with Crippen LogP contribution in [0.15, 0.2) is 79.4 Å². The minimum Gasteiger partial charge on any atom is -0.397 e. The first-order valence-electron chi connectivity index (χ1n) is 12.6. The molecule has 3 aromatic carbocycles. The summed E-state index contributed by atoms with van der Waals surface area (Å²) in [5.41, 5.74) is 19.8. The van der Waals surface area contributed by atoms with Crippen molar-refractivity contribution in [2.24, 2.45) is 7.05 Å². The number of imidazole rings is 1. The van der Waals surface area contributed by atoms with Gasteiger partial charge in [0, 0.05) is 30.0 Å². The van der Waals surface area contributed by atoms with Crippen LogP contribution in [0.3, 0.4) is 0 Å². The molecule has 7 nitrogen and oxygen atoms in total. The van der Waals surface area contributed by atoms with Crippen molar-refractivity contribution in [1.82, 2.24) is 4.57 Å². The van der Waals surface area contributed by atoms with E-state index in [0.29, 0.717) is 17.3 Å². The quantitative estimate of drug-likeness (QED) is 0.102. The highest BCUT2D eigenvalue weighted by Crippen LogP contribution is 2.34. The molecule has 36 heavy (non-hydrogen) atoms. The van der Waals surface area contributed by atoms with Gasteiger partial charge < -0.3 is 27.4 Å². The average molecular weight is 485 g/mol. The van der Waals surface area contributed by atoms with Crippen molar-refractivity contribution >= 4 is 39.8 Å². The molecule has 0 radical (unpaired) electrons. The summed E-state index contributed by atoms with van der Waals surface area (Å²) in [5, 5.41) is 10.4. The lowest BCUT2D eigenvalue weighted by Gasteiger charge is -2.17. The third-order valence-corrected chi connectivity index (χ3v) is 6.48. The highest BCUT2D eigenvalue weighted by molar-refractivity contribution is 5.85. The second kappa shape index (κ2) is 11.5. The fourth-order valence-corrected chi connectivity index (χ4v) is 4.12. The van der Waals surface area contributed by atoms with Crippen LogP contribution in [0.5, 0.6) is 0 Å². The number of anilines is 7. The zero-order valence-corrected chi connectivity index (χ0v) is 21.5. The molecular weight excluding hydrogens is 446 g/mol. The smallest absolute Gasteiger partial charge is 0.243 e. The van der Waals surface area contributed by atoms with Crippen molar-refractivity contribution in [3.05, 3.63) is 84.9 Å². The second-order valence-corrected chi connectivity index (χ2v) is 9.39. The van der Waals surface area contributed by atoms with Crippen LogP contribution >= 0.6 is 0 Å². The molecule has 0 aliphatic carbocycles. The van der Waals surface area contributed by atoms with Crippen molar-refractivity contribution in [3.63, 3.8) is 0 Å². The minimum atomic E-state index is 0.507. The van der Waals surface area contributed by atoms with Crippen LogP contribution in [0, 0.1) is 0 Å². The standard InChI is InChI=1S/C29H38N7/c1-4-21(2)22-7-5-8-25(17-22)34-29-19-28(26(30)18-27(29)31)33-24-11-9-23(10-12-24)32-13-6-14-36-16-15-35(3)20-36/h5,7-12,15-21,32-34H,4,6,13-14,30-31H2,1-3H3/q+1. The Morgan fingerprint density at radius 2 is 1.58 bits per heavy atom. The maximum absolute atomic E-state index is 6.29. The first-order valence-corrected chi connectivity index (χ1v) is 12.6. The van der Waals surface area contributed by atoms with E-state index < -0.39 is 0 Å². The molecule has 0 spiro atoms. The number of nitrogens with two attached hydrogens (primary N) is 2. The number of benzene rings is 3. The van der Waals surface area contributed by atoms with E-state index in [1.165, 1.54) is 5.56 Å². The first kappa shape index (κ1) is 25.0. The predicted molar refractivity (Wildman–Crippen MR) is 152 cm³/mol. The highest BCUT2D eigenvalue weighted by Gasteiger charge is 2.09. The van der Waals surface area contributed by atoms with E-state index in [9.17, 15) is 0 Å². The highest BCUT2D eigenvalue weighted by atomic mass is 15.1. The molecule has 7 heteroatoms. The largest absolute Gasteiger partial charge is 0.397 e. The van der Waals surface area contributed by atoms with Crippen molar-refractivity contribution < 1.29 is 4.57 Å². The van der Waals surface area contributed by atoms with Crippen molar-refractivity contribution in [2.75, 3.05) is 34.0 Å². The molecule has 1 aromatic heterocycles. The number of aromatic nitrogens is 2. The molecule has 4 rings (SSSR count). The Balaban J connectivity index is 1.37. The molecule has 1 unspecified atom stereocenters. The molecule has 0 saturated carbocycles. The normalized spacial score (nSPS) is 11.8. The van der Waals surface area contributed by atoms with Crippen LogP contribution < -0.4 is 32.0 Å². The molecule has 7 N–H and O–H groups in total. The maximum atomic E-state index is 6.29. The number of hydrogen-bond donors (Lipinski definition) is 5. The molecule has 0 amide bonds. The Morgan fingerprint density at radius 1 is 0.889 bits per heavy atom. The van der Waals surface area contributed by atoms with E-state index in [4.69, 9.17) is 11.5 Å². The van der Waals surface area contributed by atoms with Gasteiger partial charge in [0.2, 0.25) is 6.33 Å². The van der Waals surface area contributed by atoms with Gasteiger partial charge in [-0.15, -0.1) is 0 Å². The van der Waals surface area contributed by atoms with Crippen LogP contribution in [-0.2, 0) is 13.6 Å². The van der Waals surface area contributed by atoms with E-state index in [0.717, 1.165) is 54.4 Å². The van der Waals surface area contributed by atoms with E-state index in [1.54, 1.807) is 6.07 Å². The molecule has 0 bridgehead atoms. The first-order chi connectivity index (χ1) is 17.4. The third kappa shape index (κ3) is 6.50. The summed E-state index contributed by atoms with van der Waals surface area (Å²) in [5.74, 6) is 0.507. The number of nitrogens with one attached hydrogen (secondary N) is 3. The molecule has 0 fully saturated rings.